The van der Waals surface area contributed by atoms with Crippen LogP contribution in [0.15, 0.2) is 36.5 Å². The Morgan fingerprint density at radius 2 is 2.00 bits per heavy atom. The van der Waals surface area contributed by atoms with Gasteiger partial charge in [-0.25, -0.2) is 4.98 Å². The predicted octanol–water partition coefficient (Wildman–Crippen LogP) is 2.13. The van der Waals surface area contributed by atoms with Crippen LogP contribution in [0.5, 0.6) is 17.4 Å². The van der Waals surface area contributed by atoms with Gasteiger partial charge < -0.3 is 19.1 Å². The molecule has 1 aromatic heterocycles. The van der Waals surface area contributed by atoms with E-state index in [4.69, 9.17) is 14.2 Å². The van der Waals surface area contributed by atoms with Crippen molar-refractivity contribution in [3.63, 3.8) is 0 Å². The summed E-state index contributed by atoms with van der Waals surface area (Å²) in [6, 6.07) is 9.09. The van der Waals surface area contributed by atoms with Gasteiger partial charge in [0.05, 0.1) is 12.7 Å². The van der Waals surface area contributed by atoms with Crippen LogP contribution < -0.4 is 14.2 Å². The van der Waals surface area contributed by atoms with Crippen molar-refractivity contribution in [1.82, 2.24) is 9.88 Å². The summed E-state index contributed by atoms with van der Waals surface area (Å²) >= 11 is 0. The van der Waals surface area contributed by atoms with Gasteiger partial charge in [0.15, 0.2) is 11.5 Å². The third-order valence-electron chi connectivity index (χ3n) is 3.57. The van der Waals surface area contributed by atoms with Crippen LogP contribution in [-0.2, 0) is 6.54 Å². The average molecular weight is 314 g/mol. The number of carbonyl (C=O) groups excluding carboxylic acids is 1. The molecule has 2 aromatic rings. The number of hydrogen-bond acceptors (Lipinski definition) is 5. The molecule has 6 nitrogen and oxygen atoms in total. The van der Waals surface area contributed by atoms with Crippen LogP contribution in [0.25, 0.3) is 0 Å². The van der Waals surface area contributed by atoms with E-state index in [1.807, 2.05) is 18.2 Å². The van der Waals surface area contributed by atoms with Crippen molar-refractivity contribution in [2.45, 2.75) is 6.54 Å². The topological polar surface area (TPSA) is 60.9 Å². The summed E-state index contributed by atoms with van der Waals surface area (Å²) in [5.41, 5.74) is 1.50. The highest BCUT2D eigenvalue weighted by atomic mass is 16.6. The lowest BCUT2D eigenvalue weighted by atomic mass is 10.1. The van der Waals surface area contributed by atoms with Gasteiger partial charge in [-0.2, -0.15) is 0 Å². The summed E-state index contributed by atoms with van der Waals surface area (Å²) in [6.07, 6.45) is 1.52. The predicted molar refractivity (Wildman–Crippen MR) is 84.0 cm³/mol. The highest BCUT2D eigenvalue weighted by Crippen LogP contribution is 2.31. The van der Waals surface area contributed by atoms with Crippen molar-refractivity contribution in [2.75, 3.05) is 27.4 Å². The van der Waals surface area contributed by atoms with Crippen molar-refractivity contribution in [3.05, 3.63) is 47.7 Å². The number of aromatic nitrogens is 1. The number of pyridine rings is 1. The van der Waals surface area contributed by atoms with Crippen molar-refractivity contribution < 1.29 is 19.0 Å². The zero-order chi connectivity index (χ0) is 16.2. The standard InChI is InChI=1S/C17H18N2O4/c1-19(17(20)13-4-6-16(21-2)18-10-13)11-12-3-5-14-15(9-12)23-8-7-22-14/h3-6,9-10H,7-8,11H2,1-2H3. The minimum atomic E-state index is -0.102. The molecule has 0 spiro atoms. The number of ether oxygens (including phenoxy) is 3. The van der Waals surface area contributed by atoms with Gasteiger partial charge in [-0.15, -0.1) is 0 Å². The molecule has 0 atom stereocenters. The number of fused-ring (bicyclic) bond motifs is 1. The lowest BCUT2D eigenvalue weighted by Crippen LogP contribution is -2.26. The Kier molecular flexibility index (Phi) is 4.32. The van der Waals surface area contributed by atoms with Crippen LogP contribution in [0, 0.1) is 0 Å². The molecule has 6 heteroatoms. The summed E-state index contributed by atoms with van der Waals surface area (Å²) < 4.78 is 16.1. The Balaban J connectivity index is 1.70. The minimum Gasteiger partial charge on any atom is -0.486 e. The molecular formula is C17H18N2O4. The second-order valence-corrected chi connectivity index (χ2v) is 5.23. The second-order valence-electron chi connectivity index (χ2n) is 5.23. The van der Waals surface area contributed by atoms with Crippen molar-refractivity contribution in [2.24, 2.45) is 0 Å². The Morgan fingerprint density at radius 3 is 2.70 bits per heavy atom. The van der Waals surface area contributed by atoms with E-state index in [1.54, 1.807) is 24.1 Å². The summed E-state index contributed by atoms with van der Waals surface area (Å²) in [5, 5.41) is 0. The molecule has 1 aliphatic rings. The van der Waals surface area contributed by atoms with Gasteiger partial charge in [0.1, 0.15) is 13.2 Å². The molecule has 1 amide bonds. The van der Waals surface area contributed by atoms with Gasteiger partial charge >= 0.3 is 0 Å². The van der Waals surface area contributed by atoms with E-state index >= 15 is 0 Å². The highest BCUT2D eigenvalue weighted by molar-refractivity contribution is 5.93. The fraction of sp³-hybridized carbons (Fsp3) is 0.294. The van der Waals surface area contributed by atoms with E-state index in [2.05, 4.69) is 4.98 Å². The van der Waals surface area contributed by atoms with Gasteiger partial charge in [0.2, 0.25) is 5.88 Å². The van der Waals surface area contributed by atoms with E-state index < -0.39 is 0 Å². The van der Waals surface area contributed by atoms with Crippen LogP contribution >= 0.6 is 0 Å². The summed E-state index contributed by atoms with van der Waals surface area (Å²) in [4.78, 5) is 18.1. The Morgan fingerprint density at radius 1 is 1.22 bits per heavy atom. The molecule has 0 aliphatic carbocycles. The molecule has 3 rings (SSSR count). The molecule has 23 heavy (non-hydrogen) atoms. The minimum absolute atomic E-state index is 0.102. The second kappa shape index (κ2) is 6.56. The normalized spacial score (nSPS) is 12.6. The molecule has 1 aromatic carbocycles. The number of methoxy groups -OCH3 is 1. The van der Waals surface area contributed by atoms with Crippen LogP contribution in [-0.4, -0.2) is 43.2 Å². The molecule has 1 aliphatic heterocycles. The summed E-state index contributed by atoms with van der Waals surface area (Å²) in [5.74, 6) is 1.85. The van der Waals surface area contributed by atoms with Gasteiger partial charge in [-0.1, -0.05) is 6.07 Å². The third-order valence-corrected chi connectivity index (χ3v) is 3.57. The summed E-state index contributed by atoms with van der Waals surface area (Å²) in [6.45, 7) is 1.58. The van der Waals surface area contributed by atoms with Crippen LogP contribution in [0.1, 0.15) is 15.9 Å². The molecule has 0 N–H and O–H groups in total. The maximum Gasteiger partial charge on any atom is 0.255 e. The van der Waals surface area contributed by atoms with Crippen molar-refractivity contribution in [3.8, 4) is 17.4 Å². The fourth-order valence-corrected chi connectivity index (χ4v) is 2.38. The number of nitrogens with zero attached hydrogens (tertiary/aromatic N) is 2. The number of amides is 1. The molecule has 0 radical (unpaired) electrons. The van der Waals surface area contributed by atoms with E-state index in [1.165, 1.54) is 13.3 Å². The van der Waals surface area contributed by atoms with E-state index in [9.17, 15) is 4.79 Å². The Bertz CT molecular complexity index is 700. The molecule has 0 bridgehead atoms. The molecule has 0 saturated heterocycles. The molecule has 0 saturated carbocycles. The maximum absolute atomic E-state index is 12.4. The lowest BCUT2D eigenvalue weighted by Gasteiger charge is -2.21. The number of rotatable bonds is 4. The third kappa shape index (κ3) is 3.36. The molecular weight excluding hydrogens is 296 g/mol. The average Bonchev–Trinajstić information content (AvgIpc) is 2.61. The monoisotopic (exact) mass is 314 g/mol. The van der Waals surface area contributed by atoms with Gasteiger partial charge in [0, 0.05) is 25.9 Å². The number of benzene rings is 1. The Hall–Kier alpha value is -2.76. The smallest absolute Gasteiger partial charge is 0.255 e. The van der Waals surface area contributed by atoms with Crippen molar-refractivity contribution >= 4 is 5.91 Å². The van der Waals surface area contributed by atoms with E-state index in [-0.39, 0.29) is 5.91 Å². The fourth-order valence-electron chi connectivity index (χ4n) is 2.38. The molecule has 0 unspecified atom stereocenters. The zero-order valence-electron chi connectivity index (χ0n) is 13.1. The largest absolute Gasteiger partial charge is 0.486 e. The lowest BCUT2D eigenvalue weighted by molar-refractivity contribution is 0.0784. The van der Waals surface area contributed by atoms with Gasteiger partial charge in [-0.3, -0.25) is 4.79 Å². The Labute approximate surface area is 134 Å². The molecule has 0 fully saturated rings. The first-order valence-corrected chi connectivity index (χ1v) is 7.31. The van der Waals surface area contributed by atoms with Crippen LogP contribution in [0.3, 0.4) is 0 Å². The molecule has 2 heterocycles. The van der Waals surface area contributed by atoms with Gasteiger partial charge in [-0.05, 0) is 23.8 Å². The maximum atomic E-state index is 12.4. The summed E-state index contributed by atoms with van der Waals surface area (Å²) in [7, 11) is 3.29. The first kappa shape index (κ1) is 15.1. The van der Waals surface area contributed by atoms with E-state index in [0.29, 0.717) is 31.2 Å². The quantitative estimate of drug-likeness (QED) is 0.865. The first-order valence-electron chi connectivity index (χ1n) is 7.31. The van der Waals surface area contributed by atoms with E-state index in [0.717, 1.165) is 17.1 Å². The van der Waals surface area contributed by atoms with Crippen LogP contribution in [0.2, 0.25) is 0 Å². The number of carbonyl (C=O) groups is 1. The SMILES string of the molecule is COc1ccc(C(=O)N(C)Cc2ccc3c(c2)OCCO3)cn1. The number of hydrogen-bond donors (Lipinski definition) is 0. The van der Waals surface area contributed by atoms with Crippen LogP contribution in [0.4, 0.5) is 0 Å². The zero-order valence-corrected chi connectivity index (χ0v) is 13.1. The molecule has 120 valence electrons. The van der Waals surface area contributed by atoms with Gasteiger partial charge in [0.25, 0.3) is 5.91 Å². The van der Waals surface area contributed by atoms with Crippen molar-refractivity contribution in [1.29, 1.82) is 0 Å². The highest BCUT2D eigenvalue weighted by Gasteiger charge is 2.15. The first-order chi connectivity index (χ1) is 11.2.